The van der Waals surface area contributed by atoms with Gasteiger partial charge in [0.1, 0.15) is 12.6 Å². The predicted molar refractivity (Wildman–Crippen MR) is 196 cm³/mol. The van der Waals surface area contributed by atoms with Crippen molar-refractivity contribution in [1.29, 1.82) is 0 Å². The molecule has 2 aliphatic rings. The van der Waals surface area contributed by atoms with E-state index in [9.17, 15) is 32.3 Å². The molecule has 5 rings (SSSR count). The molecule has 2 unspecified atom stereocenters. The first-order chi connectivity index (χ1) is 26.3. The molecular weight excluding hydrogens is 746 g/mol. The first-order valence-electron chi connectivity index (χ1n) is 17.3. The summed E-state index contributed by atoms with van der Waals surface area (Å²) in [6.45, 7) is 9.04. The zero-order valence-corrected chi connectivity index (χ0v) is 30.6. The minimum atomic E-state index is -4.47. The number of carbonyl (C=O) groups is 4. The number of hydrogen-bond donors (Lipinski definition) is 4. The number of hydrogen-bond acceptors (Lipinski definition) is 12. The number of rotatable bonds is 15. The van der Waals surface area contributed by atoms with E-state index in [-0.39, 0.29) is 66.6 Å². The molecule has 14 nitrogen and oxygen atoms in total. The van der Waals surface area contributed by atoms with Crippen LogP contribution in [0.25, 0.3) is 14.9 Å². The molecule has 0 bridgehead atoms. The van der Waals surface area contributed by atoms with Gasteiger partial charge in [-0.2, -0.15) is 13.2 Å². The van der Waals surface area contributed by atoms with Crippen molar-refractivity contribution in [3.8, 4) is 17.6 Å². The summed E-state index contributed by atoms with van der Waals surface area (Å²) in [6.07, 6.45) is -5.25. The number of thiophene rings is 1. The Morgan fingerprint density at radius 2 is 1.96 bits per heavy atom. The van der Waals surface area contributed by atoms with Gasteiger partial charge in [-0.05, 0) is 54.5 Å². The van der Waals surface area contributed by atoms with E-state index < -0.39 is 42.6 Å². The standard InChI is InChI=1S/C37H39F3N6O8S/c1-42-21-53-30-17-22(34(48)45-29(35(49)51-2)10-11-32(41)47)8-9-27(30)43-14-4-7-31-26(18-37(38,39)40)25-5-3-6-28(33(25)55-31)44-23-12-15-46(16-13-23)19-24-20-52-36(50)54-24/h3,5-6,8-9,17,23-24,29,43-44H,10-16,18-21H2,2H3,(H2,41,47)(H,45,48). The number of fused-ring (bicyclic) bond motifs is 1. The van der Waals surface area contributed by atoms with Crippen LogP contribution in [0.5, 0.6) is 5.75 Å². The molecule has 2 aliphatic heterocycles. The Labute approximate surface area is 318 Å². The quantitative estimate of drug-likeness (QED) is 0.0958. The topological polar surface area (TPSA) is 175 Å². The van der Waals surface area contributed by atoms with Gasteiger partial charge in [0.05, 0.1) is 41.0 Å². The molecule has 0 radical (unpaired) electrons. The van der Waals surface area contributed by atoms with Crippen molar-refractivity contribution >= 4 is 56.7 Å². The fraction of sp³-hybridized carbons (Fsp3) is 0.432. The van der Waals surface area contributed by atoms with Crippen LogP contribution in [-0.2, 0) is 30.2 Å². The molecule has 2 aromatic carbocycles. The lowest BCUT2D eigenvalue weighted by molar-refractivity contribution is -0.143. The van der Waals surface area contributed by atoms with Gasteiger partial charge >= 0.3 is 25.0 Å². The molecule has 3 aromatic rings. The maximum absolute atomic E-state index is 13.8. The predicted octanol–water partition coefficient (Wildman–Crippen LogP) is 4.67. The number of benzene rings is 2. The second-order valence-electron chi connectivity index (χ2n) is 12.8. The number of nitrogens with two attached hydrogens (primary N) is 1. The van der Waals surface area contributed by atoms with E-state index >= 15 is 0 Å². The Balaban J connectivity index is 1.29. The molecule has 2 atom stereocenters. The van der Waals surface area contributed by atoms with Crippen LogP contribution in [0.2, 0.25) is 0 Å². The molecule has 2 fully saturated rings. The average molecular weight is 785 g/mol. The summed E-state index contributed by atoms with van der Waals surface area (Å²) in [5, 5.41) is 9.53. The summed E-state index contributed by atoms with van der Waals surface area (Å²) < 4.78 is 62.4. The number of nitrogens with one attached hydrogen (secondary N) is 3. The summed E-state index contributed by atoms with van der Waals surface area (Å²) >= 11 is 1.18. The number of cyclic esters (lactones) is 2. The van der Waals surface area contributed by atoms with E-state index in [2.05, 4.69) is 37.5 Å². The van der Waals surface area contributed by atoms with Crippen LogP contribution < -0.4 is 26.4 Å². The van der Waals surface area contributed by atoms with Crippen LogP contribution >= 0.6 is 11.3 Å². The summed E-state index contributed by atoms with van der Waals surface area (Å²) in [5.41, 5.74) is 6.43. The Morgan fingerprint density at radius 3 is 2.64 bits per heavy atom. The molecule has 3 heterocycles. The molecule has 292 valence electrons. The normalized spacial score (nSPS) is 16.5. The Morgan fingerprint density at radius 1 is 1.18 bits per heavy atom. The van der Waals surface area contributed by atoms with E-state index in [1.807, 2.05) is 6.07 Å². The summed E-state index contributed by atoms with van der Waals surface area (Å²) in [4.78, 5) is 53.3. The van der Waals surface area contributed by atoms with Gasteiger partial charge in [-0.15, -0.1) is 11.3 Å². The second kappa shape index (κ2) is 18.5. The number of carbonyl (C=O) groups excluding carboxylic acids is 4. The largest absolute Gasteiger partial charge is 0.508 e. The summed E-state index contributed by atoms with van der Waals surface area (Å²) in [7, 11) is 1.14. The first-order valence-corrected chi connectivity index (χ1v) is 18.1. The second-order valence-corrected chi connectivity index (χ2v) is 13.8. The van der Waals surface area contributed by atoms with Crippen molar-refractivity contribution in [3.63, 3.8) is 0 Å². The first kappa shape index (κ1) is 40.5. The zero-order chi connectivity index (χ0) is 39.5. The number of amides is 2. The number of piperidine rings is 1. The van der Waals surface area contributed by atoms with E-state index in [1.54, 1.807) is 12.1 Å². The number of nitrogens with zero attached hydrogens (tertiary/aromatic N) is 2. The highest BCUT2D eigenvalue weighted by atomic mass is 32.1. The summed E-state index contributed by atoms with van der Waals surface area (Å²) in [6, 6.07) is 8.48. The molecular formula is C37H39F3N6O8S. The van der Waals surface area contributed by atoms with Crippen LogP contribution in [0, 0.1) is 18.4 Å². The third-order valence-electron chi connectivity index (χ3n) is 8.82. The Hall–Kier alpha value is -5.72. The van der Waals surface area contributed by atoms with E-state index in [0.717, 1.165) is 38.7 Å². The number of ether oxygens (including phenoxy) is 4. The van der Waals surface area contributed by atoms with Gasteiger partial charge < -0.3 is 40.6 Å². The van der Waals surface area contributed by atoms with E-state index in [1.165, 1.54) is 29.5 Å². The van der Waals surface area contributed by atoms with Gasteiger partial charge in [0.2, 0.25) is 5.91 Å². The number of likely N-dealkylation sites (tertiary alicyclic amines) is 1. The SMILES string of the molecule is [C-]#[N+]COc1cc(C(=O)NC(CCC(N)=O)C(=O)OC)ccc1NCC#Cc1sc2c(NC3CCN(CC4COC(=O)O4)CC3)cccc2c1CC(F)(F)F. The van der Waals surface area contributed by atoms with Crippen LogP contribution in [-0.4, -0.2) is 99.8 Å². The third kappa shape index (κ3) is 11.4. The third-order valence-corrected chi connectivity index (χ3v) is 10.0. The van der Waals surface area contributed by atoms with Gasteiger partial charge in [-0.25, -0.2) is 16.2 Å². The fourth-order valence-electron chi connectivity index (χ4n) is 6.20. The van der Waals surface area contributed by atoms with Crippen molar-refractivity contribution < 1.29 is 51.3 Å². The van der Waals surface area contributed by atoms with Gasteiger partial charge in [-0.1, -0.05) is 24.0 Å². The fourth-order valence-corrected chi connectivity index (χ4v) is 7.37. The lowest BCUT2D eigenvalue weighted by Crippen LogP contribution is -2.43. The van der Waals surface area contributed by atoms with Crippen LogP contribution in [0.4, 0.5) is 29.3 Å². The molecule has 0 spiro atoms. The Bertz CT molecular complexity index is 2000. The van der Waals surface area contributed by atoms with Gasteiger partial charge in [0, 0.05) is 37.7 Å². The van der Waals surface area contributed by atoms with Gasteiger partial charge in [0.25, 0.3) is 5.91 Å². The van der Waals surface area contributed by atoms with Crippen LogP contribution in [0.1, 0.15) is 46.5 Å². The highest BCUT2D eigenvalue weighted by Gasteiger charge is 2.32. The number of methoxy groups -OCH3 is 1. The van der Waals surface area contributed by atoms with Crippen LogP contribution in [0.15, 0.2) is 36.4 Å². The maximum Gasteiger partial charge on any atom is 0.508 e. The van der Waals surface area contributed by atoms with E-state index in [0.29, 0.717) is 22.3 Å². The Kier molecular flexibility index (Phi) is 13.6. The van der Waals surface area contributed by atoms with Crippen molar-refractivity contribution in [3.05, 3.63) is 63.8 Å². The molecule has 5 N–H and O–H groups in total. The number of alkyl halides is 3. The zero-order valence-electron chi connectivity index (χ0n) is 29.8. The van der Waals surface area contributed by atoms with Crippen molar-refractivity contribution in [2.45, 2.75) is 56.5 Å². The molecule has 0 aliphatic carbocycles. The minimum Gasteiger partial charge on any atom is -0.467 e. The van der Waals surface area contributed by atoms with Gasteiger partial charge in [-0.3, -0.25) is 19.3 Å². The van der Waals surface area contributed by atoms with Crippen LogP contribution in [0.3, 0.4) is 0 Å². The number of primary amides is 1. The monoisotopic (exact) mass is 784 g/mol. The summed E-state index contributed by atoms with van der Waals surface area (Å²) in [5.74, 6) is 3.83. The number of esters is 1. The lowest BCUT2D eigenvalue weighted by atomic mass is 10.0. The molecule has 1 aromatic heterocycles. The highest BCUT2D eigenvalue weighted by molar-refractivity contribution is 7.20. The highest BCUT2D eigenvalue weighted by Crippen LogP contribution is 2.39. The van der Waals surface area contributed by atoms with Gasteiger partial charge in [0.15, 0.2) is 11.9 Å². The van der Waals surface area contributed by atoms with E-state index in [4.69, 9.17) is 31.3 Å². The molecule has 18 heteroatoms. The molecule has 2 amide bonds. The minimum absolute atomic E-state index is 0.0208. The van der Waals surface area contributed by atoms with Crippen molar-refractivity contribution in [2.24, 2.45) is 5.73 Å². The molecule has 0 saturated carbocycles. The number of anilines is 2. The van der Waals surface area contributed by atoms with Crippen molar-refractivity contribution in [1.82, 2.24) is 10.2 Å². The van der Waals surface area contributed by atoms with Crippen molar-refractivity contribution in [2.75, 3.05) is 57.3 Å². The molecule has 55 heavy (non-hydrogen) atoms. The molecule has 2 saturated heterocycles. The average Bonchev–Trinajstić information content (AvgIpc) is 3.72. The lowest BCUT2D eigenvalue weighted by Gasteiger charge is -2.33. The number of halogens is 3. The maximum atomic E-state index is 13.8. The smallest absolute Gasteiger partial charge is 0.467 e.